The van der Waals surface area contributed by atoms with Crippen LogP contribution in [0, 0.1) is 0 Å². The monoisotopic (exact) mass is 164 g/mol. The Morgan fingerprint density at radius 3 is 2.89 bits per heavy atom. The van der Waals surface area contributed by atoms with Gasteiger partial charge in [0.25, 0.3) is 0 Å². The smallest absolute Gasteiger partial charge is 0.156 e. The highest BCUT2D eigenvalue weighted by Gasteiger charge is 1.95. The molecule has 1 aromatic heterocycles. The molecule has 0 aliphatic carbocycles. The summed E-state index contributed by atoms with van der Waals surface area (Å²) in [4.78, 5) is 3.68. The van der Waals surface area contributed by atoms with E-state index in [-0.39, 0.29) is 5.75 Å². The maximum absolute atomic E-state index is 10.0. The van der Waals surface area contributed by atoms with Crippen LogP contribution in [0.3, 0.4) is 0 Å². The highest BCUT2D eigenvalue weighted by Crippen LogP contribution is 1.93. The predicted octanol–water partition coefficient (Wildman–Crippen LogP) is -0.350. The molecule has 9 heavy (non-hydrogen) atoms. The molecule has 6 heteroatoms. The van der Waals surface area contributed by atoms with Gasteiger partial charge in [0.05, 0.1) is 0 Å². The van der Waals surface area contributed by atoms with Crippen LogP contribution in [0.15, 0.2) is 5.51 Å². The molecule has 0 saturated heterocycles. The van der Waals surface area contributed by atoms with Gasteiger partial charge in [-0.3, -0.25) is 0 Å². The fourth-order valence-electron chi connectivity index (χ4n) is 0.378. The third-order valence-corrected chi connectivity index (χ3v) is 1.73. The van der Waals surface area contributed by atoms with Crippen LogP contribution in [0.1, 0.15) is 5.82 Å². The molecular formula is C3H4N2O2S2. The van der Waals surface area contributed by atoms with Crippen molar-refractivity contribution in [3.05, 3.63) is 11.3 Å². The van der Waals surface area contributed by atoms with E-state index < -0.39 is 10.7 Å². The minimum absolute atomic E-state index is 0.0428. The third kappa shape index (κ3) is 2.06. The first-order valence-electron chi connectivity index (χ1n) is 2.16. The lowest BCUT2D eigenvalue weighted by Crippen LogP contribution is -1.87. The summed E-state index contributed by atoms with van der Waals surface area (Å²) in [6, 6.07) is 0. The van der Waals surface area contributed by atoms with Crippen LogP contribution in [-0.2, 0) is 16.5 Å². The molecule has 1 aromatic rings. The summed E-state index contributed by atoms with van der Waals surface area (Å²) in [7, 11) is -2.37. The summed E-state index contributed by atoms with van der Waals surface area (Å²) in [5.74, 6) is 0.342. The van der Waals surface area contributed by atoms with Crippen LogP contribution in [-0.4, -0.2) is 17.8 Å². The zero-order chi connectivity index (χ0) is 6.69. The van der Waals surface area contributed by atoms with Gasteiger partial charge in [-0.25, -0.2) is 13.4 Å². The molecule has 0 fully saturated rings. The number of hydrogen-bond donors (Lipinski definition) is 1. The molecule has 0 aliphatic rings. The Kier molecular flexibility index (Phi) is 2.12. The van der Waals surface area contributed by atoms with Crippen molar-refractivity contribution >= 4 is 22.2 Å². The molecule has 0 aromatic carbocycles. The van der Waals surface area contributed by atoms with Gasteiger partial charge in [-0.15, -0.1) is 0 Å². The van der Waals surface area contributed by atoms with Crippen molar-refractivity contribution in [2.45, 2.75) is 5.75 Å². The maximum Gasteiger partial charge on any atom is 0.156 e. The molecule has 0 radical (unpaired) electrons. The molecule has 1 heterocycles. The van der Waals surface area contributed by atoms with Gasteiger partial charge in [0, 0.05) is 0 Å². The zero-order valence-corrected chi connectivity index (χ0v) is 6.06. The quantitative estimate of drug-likeness (QED) is 0.607. The zero-order valence-electron chi connectivity index (χ0n) is 4.35. The van der Waals surface area contributed by atoms with E-state index in [0.29, 0.717) is 5.82 Å². The van der Waals surface area contributed by atoms with Crippen LogP contribution >= 0.6 is 11.5 Å². The first-order valence-corrected chi connectivity index (χ1v) is 4.36. The minimum atomic E-state index is -2.37. The average Bonchev–Trinajstić information content (AvgIpc) is 2.15. The third-order valence-electron chi connectivity index (χ3n) is 0.677. The molecule has 50 valence electrons. The Morgan fingerprint density at radius 2 is 2.44 bits per heavy atom. The lowest BCUT2D eigenvalue weighted by Gasteiger charge is -1.77. The van der Waals surface area contributed by atoms with Crippen molar-refractivity contribution in [2.24, 2.45) is 0 Å². The van der Waals surface area contributed by atoms with Crippen molar-refractivity contribution in [2.75, 3.05) is 0 Å². The van der Waals surface area contributed by atoms with Crippen LogP contribution in [0.5, 0.6) is 0 Å². The van der Waals surface area contributed by atoms with Crippen LogP contribution < -0.4 is 0 Å². The molecule has 0 unspecified atom stereocenters. The van der Waals surface area contributed by atoms with E-state index in [1.807, 2.05) is 0 Å². The van der Waals surface area contributed by atoms with Gasteiger partial charge in [-0.05, 0) is 11.5 Å². The van der Waals surface area contributed by atoms with E-state index in [1.165, 1.54) is 5.51 Å². The van der Waals surface area contributed by atoms with E-state index in [4.69, 9.17) is 0 Å². The summed E-state index contributed by atoms with van der Waals surface area (Å²) in [5.41, 5.74) is 1.51. The van der Waals surface area contributed by atoms with Crippen molar-refractivity contribution in [3.63, 3.8) is 0 Å². The van der Waals surface area contributed by atoms with E-state index in [9.17, 15) is 8.42 Å². The Morgan fingerprint density at radius 1 is 1.67 bits per heavy atom. The van der Waals surface area contributed by atoms with Gasteiger partial charge in [0.1, 0.15) is 22.0 Å². The number of nitrogens with zero attached hydrogens (tertiary/aromatic N) is 2. The number of rotatable bonds is 2. The van der Waals surface area contributed by atoms with Crippen LogP contribution in [0.25, 0.3) is 0 Å². The normalized spacial score (nSPS) is 10.3. The van der Waals surface area contributed by atoms with Gasteiger partial charge in [-0.1, -0.05) is 0 Å². The SMILES string of the molecule is O=[SH](=O)Cc1ncsn1. The topological polar surface area (TPSA) is 59.9 Å². The summed E-state index contributed by atoms with van der Waals surface area (Å²) in [5, 5.41) is 0. The van der Waals surface area contributed by atoms with Crippen molar-refractivity contribution in [3.8, 4) is 0 Å². The average molecular weight is 164 g/mol. The standard InChI is InChI=1S/C3H4N2O2S2/c6-9(7)1-3-4-2-8-5-3/h2,9H,1H2. The maximum atomic E-state index is 10.0. The van der Waals surface area contributed by atoms with Crippen LogP contribution in [0.4, 0.5) is 0 Å². The minimum Gasteiger partial charge on any atom is -0.231 e. The molecule has 0 atom stereocenters. The van der Waals surface area contributed by atoms with E-state index in [1.54, 1.807) is 0 Å². The van der Waals surface area contributed by atoms with E-state index >= 15 is 0 Å². The van der Waals surface area contributed by atoms with Gasteiger partial charge < -0.3 is 0 Å². The molecule has 1 rings (SSSR count). The fraction of sp³-hybridized carbons (Fsp3) is 0.333. The molecule has 0 N–H and O–H groups in total. The van der Waals surface area contributed by atoms with Crippen LogP contribution in [0.2, 0.25) is 0 Å². The molecule has 0 saturated carbocycles. The first-order chi connectivity index (χ1) is 4.29. The second-order valence-electron chi connectivity index (χ2n) is 1.34. The van der Waals surface area contributed by atoms with E-state index in [2.05, 4.69) is 9.36 Å². The Hall–Kier alpha value is -0.490. The molecule has 4 nitrogen and oxygen atoms in total. The van der Waals surface area contributed by atoms with Crippen molar-refractivity contribution in [1.82, 2.24) is 9.36 Å². The second kappa shape index (κ2) is 2.88. The number of hydrogen-bond acceptors (Lipinski definition) is 5. The highest BCUT2D eigenvalue weighted by molar-refractivity contribution is 7.71. The first kappa shape index (κ1) is 6.63. The molecule has 0 spiro atoms. The van der Waals surface area contributed by atoms with Crippen molar-refractivity contribution < 1.29 is 8.42 Å². The summed E-state index contributed by atoms with van der Waals surface area (Å²) < 4.78 is 23.8. The Balaban J connectivity index is 2.68. The fourth-order valence-corrected chi connectivity index (χ4v) is 1.31. The Labute approximate surface area is 57.7 Å². The molecule has 0 bridgehead atoms. The molecule has 0 aliphatic heterocycles. The lowest BCUT2D eigenvalue weighted by molar-refractivity contribution is 0.613. The summed E-state index contributed by atoms with van der Waals surface area (Å²) in [6.45, 7) is 0. The van der Waals surface area contributed by atoms with Gasteiger partial charge in [0.15, 0.2) is 5.82 Å². The predicted molar refractivity (Wildman–Crippen MR) is 33.9 cm³/mol. The highest BCUT2D eigenvalue weighted by atomic mass is 32.2. The Bertz CT molecular complexity index is 232. The number of thiol groups is 1. The molecule has 0 amide bonds. The van der Waals surface area contributed by atoms with E-state index in [0.717, 1.165) is 11.5 Å². The van der Waals surface area contributed by atoms with Gasteiger partial charge in [0.2, 0.25) is 0 Å². The van der Waals surface area contributed by atoms with Gasteiger partial charge in [-0.2, -0.15) is 4.37 Å². The molecular weight excluding hydrogens is 160 g/mol. The summed E-state index contributed by atoms with van der Waals surface area (Å²) >= 11 is 1.15. The van der Waals surface area contributed by atoms with Gasteiger partial charge >= 0.3 is 0 Å². The van der Waals surface area contributed by atoms with Crippen molar-refractivity contribution in [1.29, 1.82) is 0 Å². The second-order valence-corrected chi connectivity index (χ2v) is 2.92. The summed E-state index contributed by atoms with van der Waals surface area (Å²) in [6.07, 6.45) is 0. The lowest BCUT2D eigenvalue weighted by atomic mass is 10.7. The largest absolute Gasteiger partial charge is 0.231 e. The number of aromatic nitrogens is 2.